The first-order valence-corrected chi connectivity index (χ1v) is 5.69. The van der Waals surface area contributed by atoms with Gasteiger partial charge in [-0.05, 0) is 12.5 Å². The molecule has 0 aromatic heterocycles. The number of nitrogens with two attached hydrogens (primary N) is 1. The topological polar surface area (TPSA) is 113 Å². The van der Waals surface area contributed by atoms with Gasteiger partial charge >= 0.3 is 0 Å². The lowest BCUT2D eigenvalue weighted by molar-refractivity contribution is -0.384. The predicted molar refractivity (Wildman–Crippen MR) is 67.0 cm³/mol. The standard InChI is InChI=1S/C12H14N2O5/c1-2-3-11(12(13)16)19-10-5-4-9(14(17)18)6-8(10)7-15/h4-7,11H,2-3H2,1H3,(H2,13,16). The zero-order chi connectivity index (χ0) is 14.4. The number of amides is 1. The number of benzene rings is 1. The van der Waals surface area contributed by atoms with E-state index in [4.69, 9.17) is 10.5 Å². The van der Waals surface area contributed by atoms with Gasteiger partial charge < -0.3 is 10.5 Å². The van der Waals surface area contributed by atoms with E-state index in [0.29, 0.717) is 19.1 Å². The Hall–Kier alpha value is -2.44. The van der Waals surface area contributed by atoms with Gasteiger partial charge in [-0.15, -0.1) is 0 Å². The van der Waals surface area contributed by atoms with Crippen molar-refractivity contribution in [1.82, 2.24) is 0 Å². The van der Waals surface area contributed by atoms with Crippen molar-refractivity contribution in [2.24, 2.45) is 5.73 Å². The molecule has 19 heavy (non-hydrogen) atoms. The van der Waals surface area contributed by atoms with Gasteiger partial charge in [-0.2, -0.15) is 0 Å². The van der Waals surface area contributed by atoms with Crippen LogP contribution in [-0.2, 0) is 4.79 Å². The maximum atomic E-state index is 11.2. The molecule has 0 heterocycles. The van der Waals surface area contributed by atoms with Crippen LogP contribution in [0.4, 0.5) is 5.69 Å². The van der Waals surface area contributed by atoms with E-state index in [2.05, 4.69) is 0 Å². The van der Waals surface area contributed by atoms with Gasteiger partial charge in [0.05, 0.1) is 10.5 Å². The number of rotatable bonds is 7. The number of ether oxygens (including phenoxy) is 1. The molecular formula is C12H14N2O5. The molecule has 0 saturated carbocycles. The number of carbonyl (C=O) groups is 2. The molecular weight excluding hydrogens is 252 g/mol. The summed E-state index contributed by atoms with van der Waals surface area (Å²) >= 11 is 0. The van der Waals surface area contributed by atoms with Crippen LogP contribution in [0, 0.1) is 10.1 Å². The second-order valence-electron chi connectivity index (χ2n) is 3.89. The summed E-state index contributed by atoms with van der Waals surface area (Å²) in [5, 5.41) is 10.6. The van der Waals surface area contributed by atoms with Crippen molar-refractivity contribution in [3.63, 3.8) is 0 Å². The van der Waals surface area contributed by atoms with Crippen molar-refractivity contribution in [3.8, 4) is 5.75 Å². The van der Waals surface area contributed by atoms with E-state index in [1.165, 1.54) is 12.1 Å². The van der Waals surface area contributed by atoms with Crippen molar-refractivity contribution in [2.75, 3.05) is 0 Å². The van der Waals surface area contributed by atoms with Crippen LogP contribution in [0.25, 0.3) is 0 Å². The van der Waals surface area contributed by atoms with Crippen LogP contribution in [0.5, 0.6) is 5.75 Å². The first-order chi connectivity index (χ1) is 8.99. The second-order valence-corrected chi connectivity index (χ2v) is 3.89. The summed E-state index contributed by atoms with van der Waals surface area (Å²) in [5.74, 6) is -0.532. The Balaban J connectivity index is 3.02. The quantitative estimate of drug-likeness (QED) is 0.455. The average Bonchev–Trinajstić information content (AvgIpc) is 2.38. The zero-order valence-corrected chi connectivity index (χ0v) is 10.4. The number of hydrogen-bond acceptors (Lipinski definition) is 5. The lowest BCUT2D eigenvalue weighted by atomic mass is 10.1. The maximum Gasteiger partial charge on any atom is 0.270 e. The zero-order valence-electron chi connectivity index (χ0n) is 10.4. The summed E-state index contributed by atoms with van der Waals surface area (Å²) in [4.78, 5) is 32.0. The summed E-state index contributed by atoms with van der Waals surface area (Å²) in [5.41, 5.74) is 4.97. The van der Waals surface area contributed by atoms with E-state index >= 15 is 0 Å². The minimum Gasteiger partial charge on any atom is -0.480 e. The van der Waals surface area contributed by atoms with Gasteiger partial charge in [0, 0.05) is 12.1 Å². The summed E-state index contributed by atoms with van der Waals surface area (Å²) in [7, 11) is 0. The Morgan fingerprint density at radius 2 is 2.26 bits per heavy atom. The Bertz CT molecular complexity index is 501. The molecule has 102 valence electrons. The highest BCUT2D eigenvalue weighted by Crippen LogP contribution is 2.24. The monoisotopic (exact) mass is 266 g/mol. The third-order valence-corrected chi connectivity index (χ3v) is 2.47. The summed E-state index contributed by atoms with van der Waals surface area (Å²) < 4.78 is 5.34. The average molecular weight is 266 g/mol. The van der Waals surface area contributed by atoms with Crippen LogP contribution in [-0.4, -0.2) is 23.2 Å². The molecule has 1 rings (SSSR count). The van der Waals surface area contributed by atoms with Gasteiger partial charge in [0.15, 0.2) is 12.4 Å². The largest absolute Gasteiger partial charge is 0.480 e. The Kier molecular flexibility index (Phi) is 4.99. The molecule has 1 aromatic rings. The van der Waals surface area contributed by atoms with E-state index < -0.39 is 16.9 Å². The number of non-ortho nitro benzene ring substituents is 1. The fourth-order valence-corrected chi connectivity index (χ4v) is 1.52. The molecule has 0 aliphatic heterocycles. The van der Waals surface area contributed by atoms with Gasteiger partial charge in [0.25, 0.3) is 11.6 Å². The maximum absolute atomic E-state index is 11.2. The van der Waals surface area contributed by atoms with E-state index in [0.717, 1.165) is 6.07 Å². The second kappa shape index (κ2) is 6.48. The lowest BCUT2D eigenvalue weighted by Crippen LogP contribution is -2.33. The smallest absolute Gasteiger partial charge is 0.270 e. The van der Waals surface area contributed by atoms with Crippen molar-refractivity contribution < 1.29 is 19.2 Å². The van der Waals surface area contributed by atoms with Crippen LogP contribution in [0.2, 0.25) is 0 Å². The first-order valence-electron chi connectivity index (χ1n) is 5.69. The molecule has 0 bridgehead atoms. The third-order valence-electron chi connectivity index (χ3n) is 2.47. The van der Waals surface area contributed by atoms with E-state index in [-0.39, 0.29) is 17.0 Å². The van der Waals surface area contributed by atoms with E-state index in [1.54, 1.807) is 0 Å². The molecule has 0 fully saturated rings. The molecule has 1 amide bonds. The molecule has 2 N–H and O–H groups in total. The predicted octanol–water partition coefficient (Wildman–Crippen LogP) is 1.44. The number of aldehydes is 1. The van der Waals surface area contributed by atoms with Crippen molar-refractivity contribution in [3.05, 3.63) is 33.9 Å². The van der Waals surface area contributed by atoms with Crippen molar-refractivity contribution >= 4 is 17.9 Å². The SMILES string of the molecule is CCCC(Oc1ccc([N+](=O)[O-])cc1C=O)C(N)=O. The van der Waals surface area contributed by atoms with Crippen LogP contribution in [0.1, 0.15) is 30.1 Å². The van der Waals surface area contributed by atoms with Crippen LogP contribution in [0.3, 0.4) is 0 Å². The minimum atomic E-state index is -0.856. The number of hydrogen-bond donors (Lipinski definition) is 1. The third kappa shape index (κ3) is 3.77. The lowest BCUT2D eigenvalue weighted by Gasteiger charge is -2.16. The molecule has 0 saturated heterocycles. The van der Waals surface area contributed by atoms with Crippen molar-refractivity contribution in [1.29, 1.82) is 0 Å². The number of nitrogens with zero attached hydrogens (tertiary/aromatic N) is 1. The minimum absolute atomic E-state index is 0.0107. The van der Waals surface area contributed by atoms with Gasteiger partial charge in [-0.3, -0.25) is 19.7 Å². The highest BCUT2D eigenvalue weighted by Gasteiger charge is 2.19. The molecule has 0 radical (unpaired) electrons. The van der Waals surface area contributed by atoms with Crippen molar-refractivity contribution in [2.45, 2.75) is 25.9 Å². The molecule has 1 unspecified atom stereocenters. The molecule has 7 nitrogen and oxygen atoms in total. The van der Waals surface area contributed by atoms with Gasteiger partial charge in [0.2, 0.25) is 0 Å². The van der Waals surface area contributed by atoms with E-state index in [1.807, 2.05) is 6.92 Å². The Morgan fingerprint density at radius 1 is 1.58 bits per heavy atom. The van der Waals surface area contributed by atoms with Gasteiger partial charge in [-0.1, -0.05) is 13.3 Å². The first kappa shape index (κ1) is 14.6. The van der Waals surface area contributed by atoms with Gasteiger partial charge in [0.1, 0.15) is 5.75 Å². The molecule has 1 aromatic carbocycles. The van der Waals surface area contributed by atoms with Gasteiger partial charge in [-0.25, -0.2) is 0 Å². The number of carbonyl (C=O) groups excluding carboxylic acids is 2. The molecule has 1 atom stereocenters. The molecule has 0 aliphatic carbocycles. The fourth-order valence-electron chi connectivity index (χ4n) is 1.52. The summed E-state index contributed by atoms with van der Waals surface area (Å²) in [6.45, 7) is 1.86. The van der Waals surface area contributed by atoms with Crippen LogP contribution in [0.15, 0.2) is 18.2 Å². The Morgan fingerprint density at radius 3 is 2.74 bits per heavy atom. The highest BCUT2D eigenvalue weighted by molar-refractivity contribution is 5.82. The van der Waals surface area contributed by atoms with E-state index in [9.17, 15) is 19.7 Å². The summed E-state index contributed by atoms with van der Waals surface area (Å²) in [6, 6.07) is 3.58. The molecule has 0 aliphatic rings. The Labute approximate surface area is 109 Å². The van der Waals surface area contributed by atoms with Crippen LogP contribution < -0.4 is 10.5 Å². The molecule has 0 spiro atoms. The van der Waals surface area contributed by atoms with Crippen LogP contribution >= 0.6 is 0 Å². The number of primary amides is 1. The normalized spacial score (nSPS) is 11.6. The number of nitro groups is 1. The highest BCUT2D eigenvalue weighted by atomic mass is 16.6. The fraction of sp³-hybridized carbons (Fsp3) is 0.333. The molecule has 7 heteroatoms. The number of nitro benzene ring substituents is 1. The summed E-state index contributed by atoms with van der Waals surface area (Å²) in [6.07, 6.45) is 0.665.